The molecule has 1 aromatic heterocycles. The Labute approximate surface area is 242 Å². The van der Waals surface area contributed by atoms with Gasteiger partial charge in [-0.15, -0.1) is 0 Å². The maximum absolute atomic E-state index is 14.0. The van der Waals surface area contributed by atoms with E-state index in [0.717, 1.165) is 16.8 Å². The van der Waals surface area contributed by atoms with Gasteiger partial charge in [-0.1, -0.05) is 54.6 Å². The lowest BCUT2D eigenvalue weighted by Crippen LogP contribution is -2.28. The number of nitrogens with zero attached hydrogens (tertiary/aromatic N) is 5. The second-order valence-electron chi connectivity index (χ2n) is 9.68. The van der Waals surface area contributed by atoms with Crippen molar-refractivity contribution in [2.24, 2.45) is 17.1 Å². The van der Waals surface area contributed by atoms with E-state index >= 15 is 0 Å². The molecule has 0 aliphatic carbocycles. The molecule has 3 aromatic carbocycles. The molecule has 2 N–H and O–H groups in total. The molecule has 0 saturated carbocycles. The van der Waals surface area contributed by atoms with E-state index in [0.29, 0.717) is 33.9 Å². The molecule has 3 amide bonds. The van der Waals surface area contributed by atoms with E-state index in [4.69, 9.17) is 0 Å². The molecule has 0 unspecified atom stereocenters. The fourth-order valence-electron chi connectivity index (χ4n) is 5.10. The molecule has 42 heavy (non-hydrogen) atoms. The highest BCUT2D eigenvalue weighted by atomic mass is 32.2. The van der Waals surface area contributed by atoms with Crippen molar-refractivity contribution in [1.82, 2.24) is 14.4 Å². The van der Waals surface area contributed by atoms with Gasteiger partial charge in [-0.05, 0) is 43.0 Å². The summed E-state index contributed by atoms with van der Waals surface area (Å²) in [7, 11) is 1.74. The van der Waals surface area contributed by atoms with E-state index < -0.39 is 23.3 Å². The summed E-state index contributed by atoms with van der Waals surface area (Å²) >= 11 is 0.930. The SMILES string of the molecule is Cc1c(N=C2S/C(=C3\C(=O)Nc4ccccc43)C(=O)N2/N=C2\C(=O)Nc3ccccc32)c(=O)n(-c2ccccc2)n1C. The zero-order valence-corrected chi connectivity index (χ0v) is 23.1. The van der Waals surface area contributed by atoms with Gasteiger partial charge in [0.15, 0.2) is 16.6 Å². The first-order chi connectivity index (χ1) is 20.3. The fourth-order valence-corrected chi connectivity index (χ4v) is 6.11. The third kappa shape index (κ3) is 3.84. The van der Waals surface area contributed by atoms with Crippen molar-refractivity contribution in [2.45, 2.75) is 6.92 Å². The molecule has 0 atom stereocenters. The van der Waals surface area contributed by atoms with Crippen molar-refractivity contribution >= 4 is 63.0 Å². The van der Waals surface area contributed by atoms with Crippen molar-refractivity contribution in [1.29, 1.82) is 0 Å². The number of aromatic nitrogens is 2. The largest absolute Gasteiger partial charge is 0.321 e. The number of hydrazone groups is 1. The highest BCUT2D eigenvalue weighted by molar-refractivity contribution is 8.18. The van der Waals surface area contributed by atoms with Crippen LogP contribution in [0.1, 0.15) is 16.8 Å². The molecular weight excluding hydrogens is 554 g/mol. The molecule has 0 bridgehead atoms. The van der Waals surface area contributed by atoms with Crippen LogP contribution in [0.15, 0.2) is 98.7 Å². The van der Waals surface area contributed by atoms with Gasteiger partial charge in [-0.25, -0.2) is 9.67 Å². The summed E-state index contributed by atoms with van der Waals surface area (Å²) in [5.74, 6) is -1.56. The maximum Gasteiger partial charge on any atom is 0.297 e. The lowest BCUT2D eigenvalue weighted by Gasteiger charge is -2.10. The summed E-state index contributed by atoms with van der Waals surface area (Å²) in [5.41, 5.74) is 3.32. The van der Waals surface area contributed by atoms with Gasteiger partial charge in [0.2, 0.25) is 0 Å². The average Bonchev–Trinajstić information content (AvgIpc) is 3.66. The third-order valence-electron chi connectivity index (χ3n) is 7.24. The standard InChI is InChI=1S/C30H21N7O4S/c1-16-23(28(40)37(35(16)2)17-10-4-3-5-11-17)33-30-36(34-24-19-13-7-9-15-21(19)32-27(24)39)29(41)25(42-30)22-18-12-6-8-14-20(18)31-26(22)38/h3-15H,1-2H3,(H,31,38)(H,32,34,39)/b25-22-,33-30?. The minimum Gasteiger partial charge on any atom is -0.321 e. The van der Waals surface area contributed by atoms with Crippen molar-refractivity contribution < 1.29 is 14.4 Å². The minimum atomic E-state index is -0.637. The first-order valence-corrected chi connectivity index (χ1v) is 13.7. The molecule has 206 valence electrons. The Morgan fingerprint density at radius 1 is 0.762 bits per heavy atom. The number of rotatable bonds is 3. The molecule has 11 nitrogen and oxygen atoms in total. The zero-order chi connectivity index (χ0) is 29.1. The summed E-state index contributed by atoms with van der Waals surface area (Å²) in [5, 5.41) is 11.0. The maximum atomic E-state index is 14.0. The quantitative estimate of drug-likeness (QED) is 0.359. The molecule has 4 heterocycles. The number of aliphatic imine (C=N–C) groups is 1. The van der Waals surface area contributed by atoms with Gasteiger partial charge in [0.1, 0.15) is 0 Å². The van der Waals surface area contributed by atoms with Crippen LogP contribution in [0.2, 0.25) is 0 Å². The average molecular weight is 576 g/mol. The second kappa shape index (κ2) is 9.56. The third-order valence-corrected chi connectivity index (χ3v) is 8.27. The number of thioether (sulfide) groups is 1. The van der Waals surface area contributed by atoms with Crippen LogP contribution in [-0.4, -0.2) is 43.0 Å². The molecular formula is C30H21N7O4S. The van der Waals surface area contributed by atoms with Crippen molar-refractivity contribution in [3.63, 3.8) is 0 Å². The monoisotopic (exact) mass is 575 g/mol. The van der Waals surface area contributed by atoms with Crippen LogP contribution >= 0.6 is 11.8 Å². The molecule has 4 aromatic rings. The summed E-state index contributed by atoms with van der Waals surface area (Å²) in [6.45, 7) is 1.75. The fraction of sp³-hybridized carbons (Fsp3) is 0.0667. The topological polar surface area (TPSA) is 130 Å². The van der Waals surface area contributed by atoms with Crippen LogP contribution in [0.5, 0.6) is 0 Å². The lowest BCUT2D eigenvalue weighted by molar-refractivity contribution is -0.122. The Balaban J connectivity index is 1.42. The van der Waals surface area contributed by atoms with Gasteiger partial charge in [0.25, 0.3) is 23.3 Å². The Kier molecular flexibility index (Phi) is 5.80. The van der Waals surface area contributed by atoms with Crippen molar-refractivity contribution in [3.05, 3.63) is 111 Å². The number of anilines is 2. The summed E-state index contributed by atoms with van der Waals surface area (Å²) < 4.78 is 3.16. The summed E-state index contributed by atoms with van der Waals surface area (Å²) in [4.78, 5) is 58.3. The first-order valence-electron chi connectivity index (χ1n) is 12.9. The normalized spacial score (nSPS) is 19.5. The molecule has 1 fully saturated rings. The zero-order valence-electron chi connectivity index (χ0n) is 22.3. The van der Waals surface area contributed by atoms with Gasteiger partial charge in [0.05, 0.1) is 27.5 Å². The summed E-state index contributed by atoms with van der Waals surface area (Å²) in [6.07, 6.45) is 0. The molecule has 7 rings (SSSR count). The Morgan fingerprint density at radius 2 is 1.38 bits per heavy atom. The van der Waals surface area contributed by atoms with Gasteiger partial charge in [-0.2, -0.15) is 10.1 Å². The van der Waals surface area contributed by atoms with Crippen LogP contribution in [0.4, 0.5) is 17.1 Å². The Morgan fingerprint density at radius 3 is 2.12 bits per heavy atom. The van der Waals surface area contributed by atoms with E-state index in [1.807, 2.05) is 18.2 Å². The molecule has 3 aliphatic rings. The smallest absolute Gasteiger partial charge is 0.297 e. The Hall–Kier alpha value is -5.49. The number of hydrogen-bond donors (Lipinski definition) is 2. The second-order valence-corrected chi connectivity index (χ2v) is 10.7. The molecule has 0 spiro atoms. The number of carbonyl (C=O) groups is 3. The van der Waals surface area contributed by atoms with Crippen LogP contribution < -0.4 is 16.2 Å². The van der Waals surface area contributed by atoms with Crippen LogP contribution in [0.25, 0.3) is 11.3 Å². The van der Waals surface area contributed by atoms with Crippen LogP contribution in [0.3, 0.4) is 0 Å². The lowest BCUT2D eigenvalue weighted by atomic mass is 10.1. The number of amides is 3. The van der Waals surface area contributed by atoms with Crippen LogP contribution in [0, 0.1) is 6.92 Å². The Bertz CT molecular complexity index is 2020. The van der Waals surface area contributed by atoms with Gasteiger partial charge in [-0.3, -0.25) is 23.9 Å². The van der Waals surface area contributed by atoms with Gasteiger partial charge >= 0.3 is 0 Å². The number of carbonyl (C=O) groups excluding carboxylic acids is 3. The number of amidine groups is 1. The van der Waals surface area contributed by atoms with E-state index in [9.17, 15) is 19.2 Å². The van der Waals surface area contributed by atoms with Gasteiger partial charge < -0.3 is 10.6 Å². The van der Waals surface area contributed by atoms with Crippen molar-refractivity contribution in [3.8, 4) is 5.69 Å². The molecule has 1 saturated heterocycles. The highest BCUT2D eigenvalue weighted by Crippen LogP contribution is 2.43. The molecule has 3 aliphatic heterocycles. The highest BCUT2D eigenvalue weighted by Gasteiger charge is 2.42. The predicted octanol–water partition coefficient (Wildman–Crippen LogP) is 3.77. The van der Waals surface area contributed by atoms with E-state index in [-0.39, 0.29) is 27.0 Å². The van der Waals surface area contributed by atoms with E-state index in [2.05, 4.69) is 20.7 Å². The number of nitrogens with one attached hydrogen (secondary N) is 2. The van der Waals surface area contributed by atoms with Crippen LogP contribution in [-0.2, 0) is 21.4 Å². The molecule has 12 heteroatoms. The molecule has 0 radical (unpaired) electrons. The number of benzene rings is 3. The predicted molar refractivity (Wildman–Crippen MR) is 161 cm³/mol. The van der Waals surface area contributed by atoms with Gasteiger partial charge in [0, 0.05) is 23.9 Å². The number of fused-ring (bicyclic) bond motifs is 2. The van der Waals surface area contributed by atoms with E-state index in [1.165, 1.54) is 4.68 Å². The van der Waals surface area contributed by atoms with Crippen molar-refractivity contribution in [2.75, 3.05) is 10.6 Å². The number of hydrogen-bond acceptors (Lipinski definition) is 7. The summed E-state index contributed by atoms with van der Waals surface area (Å²) in [6, 6.07) is 23.2. The minimum absolute atomic E-state index is 0.0150. The number of para-hydroxylation sites is 3. The first kappa shape index (κ1) is 25.5. The van der Waals surface area contributed by atoms with E-state index in [1.54, 1.807) is 79.3 Å².